The molecular formula is C49H34F2N2. The summed E-state index contributed by atoms with van der Waals surface area (Å²) >= 11 is 0. The number of benzene rings is 8. The predicted octanol–water partition coefficient (Wildman–Crippen LogP) is 13.8. The zero-order valence-electron chi connectivity index (χ0n) is 28.8. The second-order valence-corrected chi connectivity index (χ2v) is 13.3. The van der Waals surface area contributed by atoms with Gasteiger partial charge in [0.1, 0.15) is 11.6 Å². The van der Waals surface area contributed by atoms with Gasteiger partial charge in [0.05, 0.1) is 0 Å². The lowest BCUT2D eigenvalue weighted by Crippen LogP contribution is -2.09. The highest BCUT2D eigenvalue weighted by Crippen LogP contribution is 2.43. The van der Waals surface area contributed by atoms with Gasteiger partial charge < -0.3 is 9.80 Å². The molecule has 0 heterocycles. The molecule has 1 aliphatic carbocycles. The van der Waals surface area contributed by atoms with Crippen molar-refractivity contribution in [3.05, 3.63) is 217 Å². The van der Waals surface area contributed by atoms with Crippen LogP contribution in [0.2, 0.25) is 0 Å². The first-order valence-electron chi connectivity index (χ1n) is 17.8. The third-order valence-corrected chi connectivity index (χ3v) is 10.0. The molecule has 0 radical (unpaired) electrons. The number of anilines is 6. The Morgan fingerprint density at radius 2 is 0.604 bits per heavy atom. The summed E-state index contributed by atoms with van der Waals surface area (Å²) in [5, 5.41) is 0. The van der Waals surface area contributed by atoms with Crippen molar-refractivity contribution in [1.82, 2.24) is 0 Å². The van der Waals surface area contributed by atoms with Crippen LogP contribution in [0, 0.1) is 11.6 Å². The summed E-state index contributed by atoms with van der Waals surface area (Å²) in [7, 11) is 0. The summed E-state index contributed by atoms with van der Waals surface area (Å²) in [6, 6.07) is 64.3. The summed E-state index contributed by atoms with van der Waals surface area (Å²) in [5.74, 6) is -0.511. The number of nitrogens with zero attached hydrogens (tertiary/aromatic N) is 2. The number of rotatable bonds is 8. The van der Waals surface area contributed by atoms with E-state index in [1.807, 2.05) is 60.7 Å². The van der Waals surface area contributed by atoms with E-state index >= 15 is 0 Å². The smallest absolute Gasteiger partial charge is 0.123 e. The molecule has 0 spiro atoms. The number of halogens is 2. The minimum atomic E-state index is -0.256. The Morgan fingerprint density at radius 1 is 0.302 bits per heavy atom. The second-order valence-electron chi connectivity index (χ2n) is 13.3. The molecule has 0 amide bonds. The Hall–Kier alpha value is -6.78. The molecular weight excluding hydrogens is 655 g/mol. The van der Waals surface area contributed by atoms with Crippen molar-refractivity contribution in [2.75, 3.05) is 9.80 Å². The first-order chi connectivity index (χ1) is 26.1. The van der Waals surface area contributed by atoms with Crippen LogP contribution < -0.4 is 9.80 Å². The molecule has 254 valence electrons. The monoisotopic (exact) mass is 688 g/mol. The Bertz CT molecular complexity index is 2330. The maximum Gasteiger partial charge on any atom is 0.123 e. The van der Waals surface area contributed by atoms with Gasteiger partial charge in [0, 0.05) is 34.1 Å². The van der Waals surface area contributed by atoms with E-state index in [1.165, 1.54) is 46.5 Å². The van der Waals surface area contributed by atoms with Crippen LogP contribution in [0.1, 0.15) is 11.1 Å². The van der Waals surface area contributed by atoms with Crippen LogP contribution in [-0.4, -0.2) is 0 Å². The fraction of sp³-hybridized carbons (Fsp3) is 0.0204. The van der Waals surface area contributed by atoms with Crippen LogP contribution in [0.15, 0.2) is 194 Å². The van der Waals surface area contributed by atoms with Crippen LogP contribution >= 0.6 is 0 Å². The SMILES string of the molecule is Fc1ccc(N(c2ccccc2)c2ccc(-c3ccc4c(c3)-c3cc(-c5ccc(N(c6ccccc6)c6ccc(F)cc6)cc5)ccc3C4)cc2)cc1. The maximum absolute atomic E-state index is 13.8. The van der Waals surface area contributed by atoms with Crippen LogP contribution in [-0.2, 0) is 6.42 Å². The van der Waals surface area contributed by atoms with E-state index in [4.69, 9.17) is 0 Å². The van der Waals surface area contributed by atoms with Gasteiger partial charge in [-0.25, -0.2) is 8.78 Å². The van der Waals surface area contributed by atoms with E-state index in [-0.39, 0.29) is 11.6 Å². The molecule has 0 atom stereocenters. The highest BCUT2D eigenvalue weighted by molar-refractivity contribution is 5.86. The summed E-state index contributed by atoms with van der Waals surface area (Å²) in [5.41, 5.74) is 15.6. The summed E-state index contributed by atoms with van der Waals surface area (Å²) in [4.78, 5) is 4.27. The van der Waals surface area contributed by atoms with Crippen molar-refractivity contribution in [3.63, 3.8) is 0 Å². The molecule has 8 aromatic rings. The van der Waals surface area contributed by atoms with Crippen molar-refractivity contribution in [2.45, 2.75) is 6.42 Å². The molecule has 0 bridgehead atoms. The van der Waals surface area contributed by atoms with E-state index in [9.17, 15) is 8.78 Å². The Balaban J connectivity index is 1.01. The van der Waals surface area contributed by atoms with Gasteiger partial charge in [-0.2, -0.15) is 0 Å². The lowest BCUT2D eigenvalue weighted by atomic mass is 9.96. The summed E-state index contributed by atoms with van der Waals surface area (Å²) in [6.07, 6.45) is 0.913. The minimum absolute atomic E-state index is 0.256. The quantitative estimate of drug-likeness (QED) is 0.157. The molecule has 0 saturated heterocycles. The van der Waals surface area contributed by atoms with E-state index < -0.39 is 0 Å². The van der Waals surface area contributed by atoms with Gasteiger partial charge in [-0.15, -0.1) is 0 Å². The largest absolute Gasteiger partial charge is 0.311 e. The molecule has 2 nitrogen and oxygen atoms in total. The zero-order valence-corrected chi connectivity index (χ0v) is 28.8. The van der Waals surface area contributed by atoms with Crippen molar-refractivity contribution in [2.24, 2.45) is 0 Å². The standard InChI is InChI=1S/C49H34F2N2/c50-40-19-27-46(28-20-40)52(42-7-3-1-4-8-42)44-23-15-34(16-24-44)36-11-13-38-31-39-14-12-37(33-49(39)48(38)32-36)35-17-25-45(26-18-35)53(43-9-5-2-6-10-43)47-29-21-41(51)22-30-47/h1-30,32-33H,31H2. The van der Waals surface area contributed by atoms with Gasteiger partial charge in [-0.3, -0.25) is 0 Å². The minimum Gasteiger partial charge on any atom is -0.311 e. The number of hydrogen-bond donors (Lipinski definition) is 0. The van der Waals surface area contributed by atoms with E-state index in [0.29, 0.717) is 0 Å². The van der Waals surface area contributed by atoms with Gasteiger partial charge in [0.2, 0.25) is 0 Å². The molecule has 53 heavy (non-hydrogen) atoms. The molecule has 1 aliphatic rings. The predicted molar refractivity (Wildman–Crippen MR) is 215 cm³/mol. The topological polar surface area (TPSA) is 6.48 Å². The van der Waals surface area contributed by atoms with E-state index in [0.717, 1.165) is 62.8 Å². The van der Waals surface area contributed by atoms with Crippen LogP contribution in [0.5, 0.6) is 0 Å². The fourth-order valence-electron chi connectivity index (χ4n) is 7.36. The Labute approximate surface area is 308 Å². The fourth-order valence-corrected chi connectivity index (χ4v) is 7.36. The van der Waals surface area contributed by atoms with Crippen molar-refractivity contribution in [1.29, 1.82) is 0 Å². The lowest BCUT2D eigenvalue weighted by Gasteiger charge is -2.25. The van der Waals surface area contributed by atoms with Crippen molar-refractivity contribution in [3.8, 4) is 33.4 Å². The van der Waals surface area contributed by atoms with Gasteiger partial charge in [-0.05, 0) is 160 Å². The van der Waals surface area contributed by atoms with Crippen molar-refractivity contribution < 1.29 is 8.78 Å². The molecule has 4 heteroatoms. The number of para-hydroxylation sites is 2. The van der Waals surface area contributed by atoms with Gasteiger partial charge >= 0.3 is 0 Å². The lowest BCUT2D eigenvalue weighted by molar-refractivity contribution is 0.627. The first kappa shape index (κ1) is 32.1. The molecule has 0 unspecified atom stereocenters. The summed E-state index contributed by atoms with van der Waals surface area (Å²) in [6.45, 7) is 0. The summed E-state index contributed by atoms with van der Waals surface area (Å²) < 4.78 is 27.6. The Morgan fingerprint density at radius 3 is 0.962 bits per heavy atom. The number of hydrogen-bond acceptors (Lipinski definition) is 2. The normalized spacial score (nSPS) is 11.5. The van der Waals surface area contributed by atoms with Gasteiger partial charge in [0.25, 0.3) is 0 Å². The first-order valence-corrected chi connectivity index (χ1v) is 17.8. The van der Waals surface area contributed by atoms with Gasteiger partial charge in [-0.1, -0.05) is 84.9 Å². The molecule has 0 fully saturated rings. The van der Waals surface area contributed by atoms with Crippen molar-refractivity contribution >= 4 is 34.1 Å². The second kappa shape index (κ2) is 13.7. The van der Waals surface area contributed by atoms with Crippen LogP contribution in [0.25, 0.3) is 33.4 Å². The number of fused-ring (bicyclic) bond motifs is 3. The molecule has 0 aliphatic heterocycles. The molecule has 0 saturated carbocycles. The Kier molecular flexibility index (Phi) is 8.33. The molecule has 9 rings (SSSR count). The maximum atomic E-state index is 13.8. The zero-order chi connectivity index (χ0) is 35.7. The third kappa shape index (κ3) is 6.36. The van der Waals surface area contributed by atoms with Crippen LogP contribution in [0.3, 0.4) is 0 Å². The van der Waals surface area contributed by atoms with Gasteiger partial charge in [0.15, 0.2) is 0 Å². The highest BCUT2D eigenvalue weighted by Gasteiger charge is 2.21. The van der Waals surface area contributed by atoms with E-state index in [1.54, 1.807) is 0 Å². The molecule has 0 N–H and O–H groups in total. The van der Waals surface area contributed by atoms with E-state index in [2.05, 4.69) is 119 Å². The average Bonchev–Trinajstić information content (AvgIpc) is 3.58. The molecule has 8 aromatic carbocycles. The van der Waals surface area contributed by atoms with Crippen LogP contribution in [0.4, 0.5) is 42.9 Å². The highest BCUT2D eigenvalue weighted by atomic mass is 19.1. The average molecular weight is 689 g/mol. The third-order valence-electron chi connectivity index (χ3n) is 10.0. The molecule has 0 aromatic heterocycles.